The van der Waals surface area contributed by atoms with E-state index < -0.39 is 42.7 Å². The van der Waals surface area contributed by atoms with E-state index in [4.69, 9.17) is 9.47 Å². The van der Waals surface area contributed by atoms with Crippen LogP contribution in [0.5, 0.6) is 5.75 Å². The average molecular weight is 713 g/mol. The van der Waals surface area contributed by atoms with Gasteiger partial charge in [-0.2, -0.15) is 0 Å². The molecule has 2 aromatic rings. The molecule has 1 aliphatic rings. The fourth-order valence-corrected chi connectivity index (χ4v) is 5.04. The number of benzene rings is 2. The van der Waals surface area contributed by atoms with Crippen molar-refractivity contribution in [3.05, 3.63) is 54.1 Å². The molecule has 0 bridgehead atoms. The second-order valence-corrected chi connectivity index (χ2v) is 12.4. The van der Waals surface area contributed by atoms with Gasteiger partial charge in [-0.3, -0.25) is 33.8 Å². The van der Waals surface area contributed by atoms with Gasteiger partial charge in [0.05, 0.1) is 32.8 Å². The highest BCUT2D eigenvalue weighted by molar-refractivity contribution is 8.13. The normalized spacial score (nSPS) is 12.9. The van der Waals surface area contributed by atoms with Crippen LogP contribution in [0.15, 0.2) is 53.5 Å². The molecule has 50 heavy (non-hydrogen) atoms. The van der Waals surface area contributed by atoms with E-state index in [1.165, 1.54) is 18.7 Å². The summed E-state index contributed by atoms with van der Waals surface area (Å²) >= 11 is 1.18. The Morgan fingerprint density at radius 2 is 1.74 bits per heavy atom. The number of hydrogen-bond donors (Lipinski definition) is 6. The summed E-state index contributed by atoms with van der Waals surface area (Å²) in [5.74, 6) is -1.52. The minimum absolute atomic E-state index is 0.0262. The van der Waals surface area contributed by atoms with Crippen LogP contribution in [0.3, 0.4) is 0 Å². The van der Waals surface area contributed by atoms with Crippen molar-refractivity contribution in [3.8, 4) is 5.75 Å². The molecule has 15 nitrogen and oxygen atoms in total. The van der Waals surface area contributed by atoms with Crippen molar-refractivity contribution in [1.82, 2.24) is 16.0 Å². The zero-order chi connectivity index (χ0) is 36.1. The number of nitrogens with zero attached hydrogens (tertiary/aromatic N) is 1. The summed E-state index contributed by atoms with van der Waals surface area (Å²) in [6.45, 7) is 3.19. The minimum Gasteiger partial charge on any atom is -0.494 e. The van der Waals surface area contributed by atoms with Crippen LogP contribution in [0.4, 0.5) is 11.4 Å². The van der Waals surface area contributed by atoms with Crippen molar-refractivity contribution < 1.29 is 43.3 Å². The van der Waals surface area contributed by atoms with E-state index >= 15 is 0 Å². The Kier molecular flexibility index (Phi) is 17.3. The lowest BCUT2D eigenvalue weighted by Gasteiger charge is -2.17. The van der Waals surface area contributed by atoms with Gasteiger partial charge in [0.15, 0.2) is 5.12 Å². The Morgan fingerprint density at radius 3 is 2.46 bits per heavy atom. The van der Waals surface area contributed by atoms with Crippen molar-refractivity contribution in [2.45, 2.75) is 51.5 Å². The smallest absolute Gasteiger partial charge is 0.305 e. The number of nitrogens with one attached hydrogen (secondary N) is 5. The molecular weight excluding hydrogens is 668 g/mol. The Balaban J connectivity index is 1.37. The maximum Gasteiger partial charge on any atom is 0.305 e. The molecule has 1 heterocycles. The van der Waals surface area contributed by atoms with Crippen LogP contribution >= 0.6 is 11.8 Å². The topological polar surface area (TPSA) is 214 Å². The second kappa shape index (κ2) is 21.9. The van der Waals surface area contributed by atoms with Gasteiger partial charge in [0.2, 0.25) is 17.7 Å². The van der Waals surface area contributed by atoms with Crippen molar-refractivity contribution in [3.63, 3.8) is 0 Å². The van der Waals surface area contributed by atoms with E-state index in [1.54, 1.807) is 42.5 Å². The van der Waals surface area contributed by atoms with Crippen LogP contribution in [-0.2, 0) is 28.7 Å². The summed E-state index contributed by atoms with van der Waals surface area (Å²) < 4.78 is 11.0. The maximum atomic E-state index is 12.9. The van der Waals surface area contributed by atoms with Gasteiger partial charge in [-0.15, -0.1) is 0 Å². The second-order valence-electron chi connectivity index (χ2n) is 11.2. The van der Waals surface area contributed by atoms with Gasteiger partial charge in [-0.1, -0.05) is 17.8 Å². The molecule has 270 valence electrons. The third-order valence-electron chi connectivity index (χ3n) is 7.02. The number of carbonyl (C=O) groups is 6. The first-order valence-corrected chi connectivity index (χ1v) is 17.3. The summed E-state index contributed by atoms with van der Waals surface area (Å²) in [4.78, 5) is 76.8. The molecule has 1 aliphatic heterocycles. The summed E-state index contributed by atoms with van der Waals surface area (Å²) in [7, 11) is 0. The van der Waals surface area contributed by atoms with Gasteiger partial charge in [0.25, 0.3) is 5.91 Å². The van der Waals surface area contributed by atoms with Crippen molar-refractivity contribution >= 4 is 63.7 Å². The Morgan fingerprint density at radius 1 is 0.940 bits per heavy atom. The van der Waals surface area contributed by atoms with E-state index in [-0.39, 0.29) is 24.1 Å². The van der Waals surface area contributed by atoms with Gasteiger partial charge in [-0.25, -0.2) is 0 Å². The molecule has 0 saturated carbocycles. The fraction of sp³-hybridized carbons (Fsp3) is 0.441. The Labute approximate surface area is 294 Å². The number of aliphatic imine (C=N–C) groups is 1. The molecule has 4 amide bonds. The number of carboxylic acid groups (broad SMARTS) is 1. The van der Waals surface area contributed by atoms with Gasteiger partial charge in [0.1, 0.15) is 17.6 Å². The molecule has 3 rings (SSSR count). The van der Waals surface area contributed by atoms with Crippen LogP contribution in [0.1, 0.15) is 55.8 Å². The Bertz CT molecular complexity index is 1500. The number of rotatable bonds is 20. The van der Waals surface area contributed by atoms with E-state index in [1.807, 2.05) is 6.07 Å². The fourth-order valence-electron chi connectivity index (χ4n) is 4.55. The molecular formula is C34H44N6O9S. The Hall–Kier alpha value is -4.96. The highest BCUT2D eigenvalue weighted by atomic mass is 32.2. The predicted octanol–water partition coefficient (Wildman–Crippen LogP) is 2.58. The number of ether oxygens (including phenoxy) is 2. The monoisotopic (exact) mass is 712 g/mol. The van der Waals surface area contributed by atoms with E-state index in [0.717, 1.165) is 31.6 Å². The zero-order valence-corrected chi connectivity index (χ0v) is 28.8. The van der Waals surface area contributed by atoms with Crippen molar-refractivity contribution in [2.24, 2.45) is 4.99 Å². The number of thioether (sulfide) groups is 1. The highest BCUT2D eigenvalue weighted by Gasteiger charge is 2.24. The first kappa shape index (κ1) is 39.5. The minimum atomic E-state index is -1.40. The maximum absolute atomic E-state index is 12.9. The number of aliphatic carboxylic acids is 1. The standard InChI is InChI=1S/C34H44N6O9S/c1-23(41)50-19-18-48-17-13-30(42)36-15-5-16-49-27-11-9-25(10-12-27)39-34(47)28(21-32(44)45)40-31(43)22-37-33(46)24-6-4-7-26(20-24)38-29-8-2-3-14-35-29/h4,6-7,9-12,20,28H,2-3,5,8,13-19,21-22H2,1H3,(H,35,38)(H,36,42)(H,37,46)(H,39,47)(H,40,43)(H,44,45)/t28-/m0/s1. The summed E-state index contributed by atoms with van der Waals surface area (Å²) in [5, 5.41) is 22.8. The van der Waals surface area contributed by atoms with E-state index in [2.05, 4.69) is 31.6 Å². The van der Waals surface area contributed by atoms with Gasteiger partial charge in [-0.05, 0) is 61.7 Å². The van der Waals surface area contributed by atoms with E-state index in [9.17, 15) is 33.9 Å². The lowest BCUT2D eigenvalue weighted by molar-refractivity contribution is -0.139. The van der Waals surface area contributed by atoms with Crippen LogP contribution in [-0.4, -0.2) is 96.9 Å². The molecule has 0 radical (unpaired) electrons. The third kappa shape index (κ3) is 16.0. The molecule has 1 atom stereocenters. The van der Waals surface area contributed by atoms with Gasteiger partial charge in [0, 0.05) is 55.5 Å². The number of carbonyl (C=O) groups excluding carboxylic acids is 5. The van der Waals surface area contributed by atoms with Crippen molar-refractivity contribution in [2.75, 3.05) is 55.8 Å². The largest absolute Gasteiger partial charge is 0.494 e. The highest BCUT2D eigenvalue weighted by Crippen LogP contribution is 2.17. The molecule has 0 saturated heterocycles. The molecule has 0 aliphatic carbocycles. The number of hydrogen-bond acceptors (Lipinski definition) is 11. The quantitative estimate of drug-likeness (QED) is 0.110. The van der Waals surface area contributed by atoms with Crippen LogP contribution in [0.2, 0.25) is 0 Å². The van der Waals surface area contributed by atoms with E-state index in [0.29, 0.717) is 54.6 Å². The molecule has 16 heteroatoms. The average Bonchev–Trinajstić information content (AvgIpc) is 3.09. The third-order valence-corrected chi connectivity index (χ3v) is 7.80. The summed E-state index contributed by atoms with van der Waals surface area (Å²) in [6.07, 6.45) is 3.01. The lowest BCUT2D eigenvalue weighted by atomic mass is 10.1. The van der Waals surface area contributed by atoms with Crippen LogP contribution in [0, 0.1) is 0 Å². The molecule has 0 spiro atoms. The molecule has 2 aromatic carbocycles. The van der Waals surface area contributed by atoms with Crippen LogP contribution in [0.25, 0.3) is 0 Å². The molecule has 6 N–H and O–H groups in total. The number of amidine groups is 1. The van der Waals surface area contributed by atoms with Crippen molar-refractivity contribution in [1.29, 1.82) is 0 Å². The van der Waals surface area contributed by atoms with Gasteiger partial charge >= 0.3 is 5.97 Å². The summed E-state index contributed by atoms with van der Waals surface area (Å²) in [6, 6.07) is 11.7. The molecule has 0 fully saturated rings. The number of amides is 4. The first-order valence-electron chi connectivity index (χ1n) is 16.3. The van der Waals surface area contributed by atoms with Crippen LogP contribution < -0.4 is 31.3 Å². The lowest BCUT2D eigenvalue weighted by Crippen LogP contribution is -2.48. The number of carboxylic acids is 1. The predicted molar refractivity (Wildman–Crippen MR) is 190 cm³/mol. The van der Waals surface area contributed by atoms with Gasteiger partial charge < -0.3 is 41.2 Å². The molecule has 0 unspecified atom stereocenters. The SMILES string of the molecule is CC(=O)SCCOCCC(=O)NCCCOc1ccc(NC(=O)[C@H](CC(=O)O)NC(=O)CNC(=O)c2cccc(NC3=NCCCC3)c2)cc1. The first-order chi connectivity index (χ1) is 24.1. The molecule has 0 aromatic heterocycles. The summed E-state index contributed by atoms with van der Waals surface area (Å²) in [5.41, 5.74) is 1.36. The number of anilines is 2. The zero-order valence-electron chi connectivity index (χ0n) is 28.0.